The summed E-state index contributed by atoms with van der Waals surface area (Å²) in [6.45, 7) is 9.76. The van der Waals surface area contributed by atoms with Gasteiger partial charge in [-0.2, -0.15) is 0 Å². The van der Waals surface area contributed by atoms with Gasteiger partial charge in [0.1, 0.15) is 6.61 Å². The van der Waals surface area contributed by atoms with Crippen LogP contribution in [-0.2, 0) is 11.3 Å². The summed E-state index contributed by atoms with van der Waals surface area (Å²) in [5.41, 5.74) is 4.38. The van der Waals surface area contributed by atoms with E-state index in [1.165, 1.54) is 5.56 Å². The fourth-order valence-electron chi connectivity index (χ4n) is 3.95. The Labute approximate surface area is 176 Å². The molecule has 2 aromatic heterocycles. The van der Waals surface area contributed by atoms with E-state index in [1.54, 1.807) is 0 Å². The fraction of sp³-hybridized carbons (Fsp3) is 0.333. The zero-order valence-electron chi connectivity index (χ0n) is 17.8. The third-order valence-electron chi connectivity index (χ3n) is 5.60. The lowest BCUT2D eigenvalue weighted by Gasteiger charge is -2.17. The van der Waals surface area contributed by atoms with E-state index in [0.717, 1.165) is 36.4 Å². The van der Waals surface area contributed by atoms with Gasteiger partial charge in [-0.15, -0.1) is 0 Å². The van der Waals surface area contributed by atoms with Crippen molar-refractivity contribution in [3.05, 3.63) is 71.5 Å². The van der Waals surface area contributed by atoms with Crippen LogP contribution in [0, 0.1) is 6.92 Å². The van der Waals surface area contributed by atoms with E-state index in [-0.39, 0.29) is 5.97 Å². The van der Waals surface area contributed by atoms with Crippen LogP contribution in [0.5, 0.6) is 0 Å². The summed E-state index contributed by atoms with van der Waals surface area (Å²) in [6, 6.07) is 18.4. The van der Waals surface area contributed by atoms with E-state index < -0.39 is 0 Å². The molecule has 0 bridgehead atoms. The molecule has 2 heterocycles. The number of hydrogen-bond acceptors (Lipinski definition) is 4. The summed E-state index contributed by atoms with van der Waals surface area (Å²) in [6.07, 6.45) is 0. The van der Waals surface area contributed by atoms with Gasteiger partial charge in [0.2, 0.25) is 5.78 Å². The minimum Gasteiger partial charge on any atom is -0.460 e. The first-order valence-corrected chi connectivity index (χ1v) is 10.5. The van der Waals surface area contributed by atoms with Gasteiger partial charge in [-0.1, -0.05) is 56.3 Å². The lowest BCUT2D eigenvalue weighted by molar-refractivity contribution is 0.0458. The van der Waals surface area contributed by atoms with Crippen molar-refractivity contribution in [3.8, 4) is 0 Å². The zero-order chi connectivity index (χ0) is 21.1. The van der Waals surface area contributed by atoms with Crippen LogP contribution >= 0.6 is 0 Å². The van der Waals surface area contributed by atoms with Gasteiger partial charge >= 0.3 is 5.97 Å². The van der Waals surface area contributed by atoms with Crippen LogP contribution in [0.25, 0.3) is 16.8 Å². The average molecular weight is 405 g/mol. The number of fused-ring (bicyclic) bond motifs is 3. The Kier molecular flexibility index (Phi) is 5.86. The Morgan fingerprint density at radius 3 is 2.37 bits per heavy atom. The average Bonchev–Trinajstić information content (AvgIpc) is 3.26. The van der Waals surface area contributed by atoms with Crippen LogP contribution in [0.15, 0.2) is 54.6 Å². The van der Waals surface area contributed by atoms with E-state index in [1.807, 2.05) is 47.7 Å². The summed E-state index contributed by atoms with van der Waals surface area (Å²) in [5, 5.41) is 0. The predicted octanol–water partition coefficient (Wildman–Crippen LogP) is 4.14. The first-order valence-electron chi connectivity index (χ1n) is 10.5. The highest BCUT2D eigenvalue weighted by Gasteiger charge is 2.24. The lowest BCUT2D eigenvalue weighted by atomic mass is 10.2. The van der Waals surface area contributed by atoms with Crippen LogP contribution in [-0.4, -0.2) is 51.1 Å². The summed E-state index contributed by atoms with van der Waals surface area (Å²) in [4.78, 5) is 20.0. The van der Waals surface area contributed by atoms with Gasteiger partial charge in [0.25, 0.3) is 0 Å². The van der Waals surface area contributed by atoms with E-state index in [9.17, 15) is 4.79 Å². The number of ether oxygens (including phenoxy) is 1. The molecule has 0 N–H and O–H groups in total. The second-order valence-corrected chi connectivity index (χ2v) is 7.40. The summed E-state index contributed by atoms with van der Waals surface area (Å²) in [7, 11) is 0. The van der Waals surface area contributed by atoms with Crippen molar-refractivity contribution in [2.24, 2.45) is 0 Å². The molecule has 30 heavy (non-hydrogen) atoms. The second kappa shape index (κ2) is 8.71. The van der Waals surface area contributed by atoms with Crippen molar-refractivity contribution in [2.75, 3.05) is 26.2 Å². The number of aryl methyl sites for hydroxylation is 1. The lowest BCUT2D eigenvalue weighted by Crippen LogP contribution is -2.28. The van der Waals surface area contributed by atoms with Crippen LogP contribution in [0.1, 0.15) is 35.6 Å². The van der Waals surface area contributed by atoms with Crippen molar-refractivity contribution >= 4 is 22.8 Å². The number of hydrogen-bond donors (Lipinski definition) is 0. The van der Waals surface area contributed by atoms with E-state index in [4.69, 9.17) is 9.72 Å². The molecule has 0 atom stereocenters. The van der Waals surface area contributed by atoms with E-state index in [0.29, 0.717) is 24.5 Å². The van der Waals surface area contributed by atoms with Gasteiger partial charge in [-0.05, 0) is 37.7 Å². The van der Waals surface area contributed by atoms with Crippen molar-refractivity contribution in [2.45, 2.75) is 27.3 Å². The van der Waals surface area contributed by atoms with Crippen LogP contribution in [0.4, 0.5) is 0 Å². The summed E-state index contributed by atoms with van der Waals surface area (Å²) in [5.74, 6) is 0.433. The molecule has 2 aromatic carbocycles. The van der Waals surface area contributed by atoms with Gasteiger partial charge in [-0.3, -0.25) is 4.40 Å². The Balaban J connectivity index is 1.72. The maximum absolute atomic E-state index is 13.0. The zero-order valence-corrected chi connectivity index (χ0v) is 17.8. The molecule has 6 heteroatoms. The van der Waals surface area contributed by atoms with E-state index >= 15 is 0 Å². The maximum atomic E-state index is 13.0. The summed E-state index contributed by atoms with van der Waals surface area (Å²) >= 11 is 0. The number of likely N-dealkylation sites (N-methyl/N-ethyl adjacent to an activating group) is 1. The number of para-hydroxylation sites is 2. The topological polar surface area (TPSA) is 51.8 Å². The predicted molar refractivity (Wildman–Crippen MR) is 119 cm³/mol. The van der Waals surface area contributed by atoms with Gasteiger partial charge in [0.05, 0.1) is 23.3 Å². The Morgan fingerprint density at radius 1 is 1.00 bits per heavy atom. The Hall–Kier alpha value is -3.12. The summed E-state index contributed by atoms with van der Waals surface area (Å²) < 4.78 is 9.73. The molecule has 4 rings (SSSR count). The SMILES string of the molecule is CCN(CC)CCOC(=O)c1c(C)nc2n(Cc3ccccc3)c3ccccc3n12. The number of esters is 1. The first-order chi connectivity index (χ1) is 14.6. The largest absolute Gasteiger partial charge is 0.460 e. The third-order valence-corrected chi connectivity index (χ3v) is 5.60. The van der Waals surface area contributed by atoms with E-state index in [2.05, 4.69) is 41.5 Å². The molecule has 4 aromatic rings. The highest BCUT2D eigenvalue weighted by molar-refractivity contribution is 5.93. The highest BCUT2D eigenvalue weighted by Crippen LogP contribution is 2.25. The number of nitrogens with zero attached hydrogens (tertiary/aromatic N) is 4. The van der Waals surface area contributed by atoms with Gasteiger partial charge in [-0.25, -0.2) is 9.78 Å². The molecule has 0 aliphatic carbocycles. The van der Waals surface area contributed by atoms with Gasteiger partial charge < -0.3 is 14.2 Å². The minimum atomic E-state index is -0.324. The fourth-order valence-corrected chi connectivity index (χ4v) is 3.95. The molecule has 0 saturated heterocycles. The molecule has 156 valence electrons. The van der Waals surface area contributed by atoms with Crippen molar-refractivity contribution in [3.63, 3.8) is 0 Å². The van der Waals surface area contributed by atoms with Crippen molar-refractivity contribution in [1.29, 1.82) is 0 Å². The number of rotatable bonds is 8. The smallest absolute Gasteiger partial charge is 0.357 e. The highest BCUT2D eigenvalue weighted by atomic mass is 16.5. The molecule has 0 unspecified atom stereocenters. The van der Waals surface area contributed by atoms with Crippen LogP contribution in [0.3, 0.4) is 0 Å². The Morgan fingerprint density at radius 2 is 1.67 bits per heavy atom. The maximum Gasteiger partial charge on any atom is 0.357 e. The van der Waals surface area contributed by atoms with Crippen molar-refractivity contribution in [1.82, 2.24) is 18.9 Å². The second-order valence-electron chi connectivity index (χ2n) is 7.40. The molecular formula is C24H28N4O2. The molecule has 6 nitrogen and oxygen atoms in total. The molecular weight excluding hydrogens is 376 g/mol. The molecule has 0 radical (unpaired) electrons. The van der Waals surface area contributed by atoms with Crippen LogP contribution < -0.4 is 0 Å². The monoisotopic (exact) mass is 404 g/mol. The van der Waals surface area contributed by atoms with Gasteiger partial charge in [0, 0.05) is 6.54 Å². The number of imidazole rings is 2. The first kappa shape index (κ1) is 20.2. The normalized spacial score (nSPS) is 11.6. The number of carbonyl (C=O) groups is 1. The number of benzene rings is 2. The molecule has 0 saturated carbocycles. The molecule has 0 aliphatic rings. The molecule has 0 amide bonds. The molecule has 0 aliphatic heterocycles. The Bertz CT molecular complexity index is 1160. The van der Waals surface area contributed by atoms with Crippen LogP contribution in [0.2, 0.25) is 0 Å². The van der Waals surface area contributed by atoms with Crippen molar-refractivity contribution < 1.29 is 9.53 Å². The quantitative estimate of drug-likeness (QED) is 0.414. The third kappa shape index (κ3) is 3.71. The minimum absolute atomic E-state index is 0.324. The molecule has 0 fully saturated rings. The van der Waals surface area contributed by atoms with Gasteiger partial charge in [0.15, 0.2) is 5.69 Å². The number of carbonyl (C=O) groups excluding carboxylic acids is 1. The molecule has 0 spiro atoms. The number of aromatic nitrogens is 3. The standard InChI is InChI=1S/C24H28N4O2/c1-4-26(5-2)15-16-30-23(29)22-18(3)25-24-27(17-19-11-7-6-8-12-19)20-13-9-10-14-21(20)28(22)24/h6-14H,4-5,15-17H2,1-3H3.